The Labute approximate surface area is 198 Å². The number of hydrogen-bond donors (Lipinski definition) is 1. The molecule has 0 atom stereocenters. The lowest BCUT2D eigenvalue weighted by molar-refractivity contribution is 0.0697. The summed E-state index contributed by atoms with van der Waals surface area (Å²) in [5.74, 6) is 0.357. The van der Waals surface area contributed by atoms with Crippen molar-refractivity contribution in [1.82, 2.24) is 14.8 Å². The number of carboxylic acids is 1. The van der Waals surface area contributed by atoms with Gasteiger partial charge in [-0.1, -0.05) is 86.6 Å². The molecule has 1 heterocycles. The Morgan fingerprint density at radius 1 is 0.912 bits per heavy atom. The van der Waals surface area contributed by atoms with Crippen LogP contribution in [0.3, 0.4) is 0 Å². The van der Waals surface area contributed by atoms with Gasteiger partial charge in [-0.2, -0.15) is 0 Å². The van der Waals surface area contributed by atoms with Crippen molar-refractivity contribution in [2.24, 2.45) is 5.92 Å². The lowest BCUT2D eigenvalue weighted by Crippen LogP contribution is -2.09. The van der Waals surface area contributed by atoms with Crippen molar-refractivity contribution < 1.29 is 14.7 Å². The van der Waals surface area contributed by atoms with Crippen LogP contribution in [0.4, 0.5) is 0 Å². The summed E-state index contributed by atoms with van der Waals surface area (Å²) in [5.41, 5.74) is 3.34. The monoisotopic (exact) mass is 453 g/mol. The van der Waals surface area contributed by atoms with E-state index in [-0.39, 0.29) is 17.2 Å². The fraction of sp³-hybridized carbons (Fsp3) is 0.214. The number of carbonyl (C=O) groups excluding carboxylic acids is 1. The minimum Gasteiger partial charge on any atom is -0.478 e. The molecule has 4 aromatic rings. The molecule has 0 unspecified atom stereocenters. The van der Waals surface area contributed by atoms with Crippen LogP contribution in [0.1, 0.15) is 58.2 Å². The average molecular weight is 454 g/mol. The Bertz CT molecular complexity index is 1290. The zero-order valence-corrected chi connectivity index (χ0v) is 19.3. The highest BCUT2D eigenvalue weighted by molar-refractivity contribution is 6.06. The van der Waals surface area contributed by atoms with Gasteiger partial charge in [-0.3, -0.25) is 4.79 Å². The van der Waals surface area contributed by atoms with Crippen molar-refractivity contribution in [2.75, 3.05) is 0 Å². The van der Waals surface area contributed by atoms with Crippen LogP contribution in [0.2, 0.25) is 0 Å². The number of benzene rings is 3. The molecule has 6 heteroatoms. The summed E-state index contributed by atoms with van der Waals surface area (Å²) in [7, 11) is 0. The third-order valence-electron chi connectivity index (χ3n) is 5.69. The topological polar surface area (TPSA) is 85.1 Å². The second-order valence-corrected chi connectivity index (χ2v) is 8.68. The predicted molar refractivity (Wildman–Crippen MR) is 131 cm³/mol. The molecular formula is C28H27N3O3. The molecule has 6 nitrogen and oxygen atoms in total. The lowest BCUT2D eigenvalue weighted by atomic mass is 9.99. The Kier molecular flexibility index (Phi) is 6.97. The van der Waals surface area contributed by atoms with Crippen molar-refractivity contribution in [2.45, 2.75) is 33.2 Å². The summed E-state index contributed by atoms with van der Waals surface area (Å²) in [6.45, 7) is 4.79. The van der Waals surface area contributed by atoms with E-state index in [2.05, 4.69) is 23.9 Å². The molecule has 0 saturated carbocycles. The summed E-state index contributed by atoms with van der Waals surface area (Å²) >= 11 is 0. The first-order valence-electron chi connectivity index (χ1n) is 11.4. The number of aryl methyl sites for hydroxylation is 1. The Hall–Kier alpha value is -4.06. The van der Waals surface area contributed by atoms with E-state index in [4.69, 9.17) is 0 Å². The maximum Gasteiger partial charge on any atom is 0.336 e. The summed E-state index contributed by atoms with van der Waals surface area (Å²) in [6, 6.07) is 23.8. The van der Waals surface area contributed by atoms with E-state index < -0.39 is 5.97 Å². The number of aromatic carboxylic acids is 1. The average Bonchev–Trinajstić information content (AvgIpc) is 3.25. The van der Waals surface area contributed by atoms with Crippen LogP contribution < -0.4 is 0 Å². The van der Waals surface area contributed by atoms with E-state index >= 15 is 0 Å². The normalized spacial score (nSPS) is 11.0. The maximum atomic E-state index is 12.9. The van der Waals surface area contributed by atoms with Gasteiger partial charge in [0.05, 0.1) is 12.1 Å². The number of nitrogens with zero attached hydrogens (tertiary/aromatic N) is 3. The molecule has 0 saturated heterocycles. The summed E-state index contributed by atoms with van der Waals surface area (Å²) < 4.78 is 1.80. The van der Waals surface area contributed by atoms with E-state index in [9.17, 15) is 14.7 Å². The molecule has 0 spiro atoms. The standard InChI is InChI=1S/C28H27N3O3/c1-19(2)12-17-25-29-27(26(32)22-8-4-3-5-9-22)30-31(25)18-20-13-15-21(16-14-20)23-10-6-7-11-24(23)28(33)34/h3-11,13-16,19H,12,17-18H2,1-2H3,(H,33,34). The van der Waals surface area contributed by atoms with Gasteiger partial charge in [0.2, 0.25) is 11.6 Å². The number of hydrogen-bond acceptors (Lipinski definition) is 4. The van der Waals surface area contributed by atoms with Gasteiger partial charge in [0.15, 0.2) is 0 Å². The highest BCUT2D eigenvalue weighted by Gasteiger charge is 2.18. The Morgan fingerprint density at radius 3 is 2.26 bits per heavy atom. The van der Waals surface area contributed by atoms with Crippen LogP contribution in [-0.2, 0) is 13.0 Å². The Morgan fingerprint density at radius 2 is 1.59 bits per heavy atom. The van der Waals surface area contributed by atoms with Crippen LogP contribution in [0.15, 0.2) is 78.9 Å². The molecule has 1 N–H and O–H groups in total. The minimum absolute atomic E-state index is 0.189. The van der Waals surface area contributed by atoms with Gasteiger partial charge in [0.25, 0.3) is 0 Å². The van der Waals surface area contributed by atoms with E-state index in [1.165, 1.54) is 0 Å². The number of ketones is 1. The van der Waals surface area contributed by atoms with Crippen molar-refractivity contribution in [3.05, 3.63) is 107 Å². The Balaban J connectivity index is 1.60. The molecule has 0 radical (unpaired) electrons. The summed E-state index contributed by atoms with van der Waals surface area (Å²) in [5, 5.41) is 14.0. The predicted octanol–water partition coefficient (Wildman–Crippen LogP) is 5.51. The zero-order chi connectivity index (χ0) is 24.1. The molecule has 172 valence electrons. The van der Waals surface area contributed by atoms with Crippen molar-refractivity contribution in [3.63, 3.8) is 0 Å². The van der Waals surface area contributed by atoms with Gasteiger partial charge >= 0.3 is 5.97 Å². The molecule has 4 rings (SSSR count). The summed E-state index contributed by atoms with van der Waals surface area (Å²) in [4.78, 5) is 29.1. The lowest BCUT2D eigenvalue weighted by Gasteiger charge is -2.09. The quantitative estimate of drug-likeness (QED) is 0.338. The van der Waals surface area contributed by atoms with Crippen molar-refractivity contribution >= 4 is 11.8 Å². The fourth-order valence-electron chi connectivity index (χ4n) is 3.80. The smallest absolute Gasteiger partial charge is 0.336 e. The largest absolute Gasteiger partial charge is 0.478 e. The van der Waals surface area contributed by atoms with Gasteiger partial charge < -0.3 is 5.11 Å². The molecule has 0 amide bonds. The third kappa shape index (κ3) is 5.29. The number of carbonyl (C=O) groups is 2. The first-order chi connectivity index (χ1) is 16.4. The molecule has 0 aliphatic rings. The van der Waals surface area contributed by atoms with E-state index in [0.29, 0.717) is 23.6 Å². The van der Waals surface area contributed by atoms with Gasteiger partial charge in [-0.15, -0.1) is 5.10 Å². The van der Waals surface area contributed by atoms with E-state index in [1.807, 2.05) is 48.5 Å². The van der Waals surface area contributed by atoms with Crippen LogP contribution in [0, 0.1) is 5.92 Å². The fourth-order valence-corrected chi connectivity index (χ4v) is 3.80. The zero-order valence-electron chi connectivity index (χ0n) is 19.3. The van der Waals surface area contributed by atoms with Crippen LogP contribution in [0.25, 0.3) is 11.1 Å². The van der Waals surface area contributed by atoms with E-state index in [1.54, 1.807) is 35.0 Å². The van der Waals surface area contributed by atoms with Crippen LogP contribution >= 0.6 is 0 Å². The van der Waals surface area contributed by atoms with Gasteiger partial charge in [-0.25, -0.2) is 14.5 Å². The van der Waals surface area contributed by atoms with Crippen molar-refractivity contribution in [3.8, 4) is 11.1 Å². The number of carboxylic acid groups (broad SMARTS) is 1. The molecular weight excluding hydrogens is 426 g/mol. The molecule has 0 aliphatic heterocycles. The third-order valence-corrected chi connectivity index (χ3v) is 5.69. The highest BCUT2D eigenvalue weighted by Crippen LogP contribution is 2.24. The second-order valence-electron chi connectivity index (χ2n) is 8.68. The second kappa shape index (κ2) is 10.3. The van der Waals surface area contributed by atoms with Crippen molar-refractivity contribution in [1.29, 1.82) is 0 Å². The first kappa shape index (κ1) is 23.1. The SMILES string of the molecule is CC(C)CCc1nc(C(=O)c2ccccc2)nn1Cc1ccc(-c2ccccc2C(=O)O)cc1. The number of aromatic nitrogens is 3. The molecule has 0 aliphatic carbocycles. The molecule has 0 bridgehead atoms. The number of rotatable bonds is 9. The van der Waals surface area contributed by atoms with Gasteiger partial charge in [-0.05, 0) is 35.1 Å². The van der Waals surface area contributed by atoms with Gasteiger partial charge in [0.1, 0.15) is 5.82 Å². The molecule has 0 fully saturated rings. The first-order valence-corrected chi connectivity index (χ1v) is 11.4. The molecule has 34 heavy (non-hydrogen) atoms. The minimum atomic E-state index is -0.951. The van der Waals surface area contributed by atoms with E-state index in [0.717, 1.165) is 29.8 Å². The summed E-state index contributed by atoms with van der Waals surface area (Å²) in [6.07, 6.45) is 1.68. The van der Waals surface area contributed by atoms with Crippen LogP contribution in [-0.4, -0.2) is 31.6 Å². The van der Waals surface area contributed by atoms with Crippen LogP contribution in [0.5, 0.6) is 0 Å². The molecule has 1 aromatic heterocycles. The molecule has 3 aromatic carbocycles. The van der Waals surface area contributed by atoms with Gasteiger partial charge in [0, 0.05) is 12.0 Å². The highest BCUT2D eigenvalue weighted by atomic mass is 16.4. The maximum absolute atomic E-state index is 12.9.